The Balaban J connectivity index is 1.74. The van der Waals surface area contributed by atoms with Crippen molar-refractivity contribution in [1.82, 2.24) is 14.9 Å². The third-order valence-electron chi connectivity index (χ3n) is 4.15. The Bertz CT molecular complexity index is 797. The summed E-state index contributed by atoms with van der Waals surface area (Å²) in [5.74, 6) is 0.247. The van der Waals surface area contributed by atoms with Crippen molar-refractivity contribution in [2.75, 3.05) is 18.1 Å². The van der Waals surface area contributed by atoms with E-state index in [1.807, 2.05) is 25.1 Å². The highest BCUT2D eigenvalue weighted by molar-refractivity contribution is 7.91. The third kappa shape index (κ3) is 2.99. The standard InChI is InChI=1S/C15H19N3O3S/c1-2-18(12-5-6-22(20,21)9-12)15(19)8-11-3-4-13-14(7-11)17-10-16-13/h3-4,7,10,12H,2,5-6,8-9H2,1H3,(H,16,17). The van der Waals surface area contributed by atoms with Gasteiger partial charge in [0.1, 0.15) is 0 Å². The van der Waals surface area contributed by atoms with Crippen LogP contribution in [0.3, 0.4) is 0 Å². The van der Waals surface area contributed by atoms with Crippen molar-refractivity contribution >= 4 is 26.8 Å². The normalized spacial score (nSPS) is 20.3. The van der Waals surface area contributed by atoms with Gasteiger partial charge >= 0.3 is 0 Å². The van der Waals surface area contributed by atoms with E-state index in [-0.39, 0.29) is 29.9 Å². The van der Waals surface area contributed by atoms with Gasteiger partial charge in [-0.25, -0.2) is 13.4 Å². The quantitative estimate of drug-likeness (QED) is 0.915. The molecule has 1 atom stereocenters. The number of rotatable bonds is 4. The highest BCUT2D eigenvalue weighted by Crippen LogP contribution is 2.19. The Hall–Kier alpha value is -1.89. The number of nitrogens with one attached hydrogen (secondary N) is 1. The first kappa shape index (κ1) is 15.0. The fourth-order valence-electron chi connectivity index (χ4n) is 3.03. The number of benzene rings is 1. The van der Waals surface area contributed by atoms with Crippen LogP contribution in [0.4, 0.5) is 0 Å². The van der Waals surface area contributed by atoms with Crippen molar-refractivity contribution in [1.29, 1.82) is 0 Å². The first-order valence-corrected chi connectivity index (χ1v) is 9.22. The number of aromatic amines is 1. The van der Waals surface area contributed by atoms with Crippen molar-refractivity contribution in [3.05, 3.63) is 30.1 Å². The Morgan fingerprint density at radius 1 is 1.45 bits per heavy atom. The van der Waals surface area contributed by atoms with E-state index in [1.54, 1.807) is 11.2 Å². The molecule has 7 heteroatoms. The summed E-state index contributed by atoms with van der Waals surface area (Å²) in [5.41, 5.74) is 2.67. The van der Waals surface area contributed by atoms with Gasteiger partial charge in [-0.3, -0.25) is 4.79 Å². The van der Waals surface area contributed by atoms with E-state index in [1.165, 1.54) is 0 Å². The number of H-pyrrole nitrogens is 1. The molecule has 1 amide bonds. The molecule has 2 heterocycles. The lowest BCUT2D eigenvalue weighted by molar-refractivity contribution is -0.132. The number of amides is 1. The van der Waals surface area contributed by atoms with Crippen LogP contribution >= 0.6 is 0 Å². The van der Waals surface area contributed by atoms with Gasteiger partial charge in [0, 0.05) is 12.6 Å². The molecule has 0 spiro atoms. The van der Waals surface area contributed by atoms with E-state index in [2.05, 4.69) is 9.97 Å². The summed E-state index contributed by atoms with van der Waals surface area (Å²) in [6, 6.07) is 5.50. The minimum atomic E-state index is -2.99. The highest BCUT2D eigenvalue weighted by Gasteiger charge is 2.33. The number of hydrogen-bond donors (Lipinski definition) is 1. The minimum Gasteiger partial charge on any atom is -0.345 e. The van der Waals surface area contributed by atoms with Gasteiger partial charge in [-0.1, -0.05) is 6.07 Å². The van der Waals surface area contributed by atoms with Crippen molar-refractivity contribution < 1.29 is 13.2 Å². The summed E-state index contributed by atoms with van der Waals surface area (Å²) in [5, 5.41) is 0. The Morgan fingerprint density at radius 3 is 2.95 bits per heavy atom. The monoisotopic (exact) mass is 321 g/mol. The van der Waals surface area contributed by atoms with Crippen molar-refractivity contribution in [3.8, 4) is 0 Å². The van der Waals surface area contributed by atoms with Crippen LogP contribution in [0.15, 0.2) is 24.5 Å². The average Bonchev–Trinajstić information content (AvgIpc) is 3.05. The predicted molar refractivity (Wildman–Crippen MR) is 84.2 cm³/mol. The van der Waals surface area contributed by atoms with E-state index in [0.717, 1.165) is 16.6 Å². The maximum Gasteiger partial charge on any atom is 0.227 e. The third-order valence-corrected chi connectivity index (χ3v) is 5.90. The average molecular weight is 321 g/mol. The lowest BCUT2D eigenvalue weighted by Gasteiger charge is -2.27. The van der Waals surface area contributed by atoms with Crippen LogP contribution in [0, 0.1) is 0 Å². The zero-order valence-electron chi connectivity index (χ0n) is 12.4. The van der Waals surface area contributed by atoms with Crippen LogP contribution in [0.5, 0.6) is 0 Å². The molecule has 1 aromatic carbocycles. The highest BCUT2D eigenvalue weighted by atomic mass is 32.2. The van der Waals surface area contributed by atoms with E-state index in [9.17, 15) is 13.2 Å². The number of carbonyl (C=O) groups excluding carboxylic acids is 1. The maximum atomic E-state index is 12.5. The molecule has 118 valence electrons. The Kier molecular flexibility index (Phi) is 3.90. The van der Waals surface area contributed by atoms with Crippen LogP contribution in [-0.4, -0.2) is 53.3 Å². The smallest absolute Gasteiger partial charge is 0.227 e. The molecule has 22 heavy (non-hydrogen) atoms. The number of sulfone groups is 1. The predicted octanol–water partition coefficient (Wildman–Crippen LogP) is 1.14. The van der Waals surface area contributed by atoms with E-state index in [0.29, 0.717) is 13.0 Å². The van der Waals surface area contributed by atoms with E-state index in [4.69, 9.17) is 0 Å². The molecule has 1 aliphatic rings. The first-order valence-electron chi connectivity index (χ1n) is 7.40. The van der Waals surface area contributed by atoms with Crippen molar-refractivity contribution in [2.24, 2.45) is 0 Å². The van der Waals surface area contributed by atoms with Gasteiger partial charge in [0.2, 0.25) is 5.91 Å². The van der Waals surface area contributed by atoms with Crippen LogP contribution in [-0.2, 0) is 21.1 Å². The maximum absolute atomic E-state index is 12.5. The number of aromatic nitrogens is 2. The van der Waals surface area contributed by atoms with Crippen LogP contribution in [0.1, 0.15) is 18.9 Å². The van der Waals surface area contributed by atoms with Gasteiger partial charge in [-0.2, -0.15) is 0 Å². The molecule has 1 fully saturated rings. The molecule has 1 aromatic heterocycles. The fourth-order valence-corrected chi connectivity index (χ4v) is 4.76. The number of likely N-dealkylation sites (N-methyl/N-ethyl adjacent to an activating group) is 1. The second-order valence-electron chi connectivity index (χ2n) is 5.67. The molecule has 1 N–H and O–H groups in total. The Morgan fingerprint density at radius 2 is 2.27 bits per heavy atom. The number of imidazole rings is 1. The molecule has 6 nitrogen and oxygen atoms in total. The lowest BCUT2D eigenvalue weighted by Crippen LogP contribution is -2.41. The van der Waals surface area contributed by atoms with Gasteiger partial charge < -0.3 is 9.88 Å². The number of carbonyl (C=O) groups is 1. The number of nitrogens with zero attached hydrogens (tertiary/aromatic N) is 2. The first-order chi connectivity index (χ1) is 10.5. The minimum absolute atomic E-state index is 0.0246. The van der Waals surface area contributed by atoms with Gasteiger partial charge in [0.05, 0.1) is 35.3 Å². The molecular weight excluding hydrogens is 302 g/mol. The van der Waals surface area contributed by atoms with Gasteiger partial charge in [-0.15, -0.1) is 0 Å². The van der Waals surface area contributed by atoms with Crippen LogP contribution in [0.25, 0.3) is 11.0 Å². The van der Waals surface area contributed by atoms with Gasteiger partial charge in [0.15, 0.2) is 9.84 Å². The topological polar surface area (TPSA) is 83.1 Å². The van der Waals surface area contributed by atoms with E-state index >= 15 is 0 Å². The largest absolute Gasteiger partial charge is 0.345 e. The second kappa shape index (κ2) is 5.72. The van der Waals surface area contributed by atoms with Crippen LogP contribution < -0.4 is 0 Å². The number of fused-ring (bicyclic) bond motifs is 1. The molecule has 1 unspecified atom stereocenters. The SMILES string of the molecule is CCN(C(=O)Cc1ccc2nc[nH]c2c1)C1CCS(=O)(=O)C1. The van der Waals surface area contributed by atoms with Gasteiger partial charge in [0.25, 0.3) is 0 Å². The summed E-state index contributed by atoms with van der Waals surface area (Å²) < 4.78 is 23.2. The summed E-state index contributed by atoms with van der Waals surface area (Å²) >= 11 is 0. The van der Waals surface area contributed by atoms with Crippen LogP contribution in [0.2, 0.25) is 0 Å². The second-order valence-corrected chi connectivity index (χ2v) is 7.90. The molecule has 0 saturated carbocycles. The molecule has 0 bridgehead atoms. The van der Waals surface area contributed by atoms with E-state index < -0.39 is 9.84 Å². The molecule has 0 radical (unpaired) electrons. The molecule has 3 rings (SSSR count). The Labute approximate surface area is 129 Å². The molecular formula is C15H19N3O3S. The zero-order valence-corrected chi connectivity index (χ0v) is 13.3. The molecule has 2 aromatic rings. The summed E-state index contributed by atoms with van der Waals surface area (Å²) in [7, 11) is -2.99. The number of hydrogen-bond acceptors (Lipinski definition) is 4. The molecule has 0 aliphatic carbocycles. The van der Waals surface area contributed by atoms with Gasteiger partial charge in [-0.05, 0) is 31.0 Å². The lowest BCUT2D eigenvalue weighted by atomic mass is 10.1. The zero-order chi connectivity index (χ0) is 15.7. The fraction of sp³-hybridized carbons (Fsp3) is 0.467. The summed E-state index contributed by atoms with van der Waals surface area (Å²) in [6.07, 6.45) is 2.44. The molecule has 1 saturated heterocycles. The van der Waals surface area contributed by atoms with Crippen molar-refractivity contribution in [3.63, 3.8) is 0 Å². The molecule has 1 aliphatic heterocycles. The summed E-state index contributed by atoms with van der Waals surface area (Å²) in [6.45, 7) is 2.42. The summed E-state index contributed by atoms with van der Waals surface area (Å²) in [4.78, 5) is 21.4. The van der Waals surface area contributed by atoms with Crippen molar-refractivity contribution in [2.45, 2.75) is 25.8 Å².